The number of oxime groups is 1. The van der Waals surface area contributed by atoms with Crippen LogP contribution in [0.3, 0.4) is 0 Å². The standard InChI is InChI=1S/C15H11F3N8O5S3/c16-15(17,18)12-22-23-14(33-12)32-4-2-1-3-5(10(28)26(3)7(4)11(29)30)20-9(27)6(24-31)8-21-13(19)34-25-8/h3,5,31H,1-2H2,(H,20,27)(H,29,30)(H2,19,21,25)/b24-6-/t3?,5-/m0/s1. The van der Waals surface area contributed by atoms with E-state index in [1.54, 1.807) is 0 Å². The van der Waals surface area contributed by atoms with Gasteiger partial charge in [-0.3, -0.25) is 14.5 Å². The van der Waals surface area contributed by atoms with Crippen LogP contribution in [0.4, 0.5) is 18.3 Å². The summed E-state index contributed by atoms with van der Waals surface area (Å²) in [7, 11) is 0. The number of carbonyl (C=O) groups is 3. The smallest absolute Gasteiger partial charge is 0.445 e. The second kappa shape index (κ2) is 8.80. The average molecular weight is 536 g/mol. The highest BCUT2D eigenvalue weighted by atomic mass is 32.2. The Morgan fingerprint density at radius 2 is 2.06 bits per heavy atom. The fourth-order valence-electron chi connectivity index (χ4n) is 3.33. The normalized spacial score (nSPS) is 20.7. The van der Waals surface area contributed by atoms with Crippen LogP contribution >= 0.6 is 34.6 Å². The first-order valence-corrected chi connectivity index (χ1v) is 11.4. The Balaban J connectivity index is 1.52. The summed E-state index contributed by atoms with van der Waals surface area (Å²) in [5.41, 5.74) is 4.45. The van der Waals surface area contributed by atoms with Crippen molar-refractivity contribution in [2.75, 3.05) is 5.73 Å². The molecule has 2 aliphatic heterocycles. The Kier molecular flexibility index (Phi) is 6.16. The van der Waals surface area contributed by atoms with Crippen molar-refractivity contribution >= 4 is 63.3 Å². The lowest BCUT2D eigenvalue weighted by Gasteiger charge is -2.49. The third kappa shape index (κ3) is 4.28. The molecule has 180 valence electrons. The van der Waals surface area contributed by atoms with Crippen LogP contribution in [0.5, 0.6) is 0 Å². The number of hydrogen-bond acceptors (Lipinski definition) is 13. The van der Waals surface area contributed by atoms with E-state index in [2.05, 4.69) is 30.0 Å². The number of nitrogens with two attached hydrogens (primary N) is 1. The van der Waals surface area contributed by atoms with Crippen LogP contribution in [0, 0.1) is 0 Å². The number of anilines is 1. The van der Waals surface area contributed by atoms with Crippen molar-refractivity contribution in [3.63, 3.8) is 0 Å². The molecule has 2 aromatic rings. The van der Waals surface area contributed by atoms with Gasteiger partial charge in [0.1, 0.15) is 11.7 Å². The van der Waals surface area contributed by atoms with Crippen molar-refractivity contribution in [2.24, 2.45) is 5.16 Å². The summed E-state index contributed by atoms with van der Waals surface area (Å²) >= 11 is 1.69. The van der Waals surface area contributed by atoms with Gasteiger partial charge < -0.3 is 21.4 Å². The number of aromatic nitrogens is 4. The largest absolute Gasteiger partial charge is 0.477 e. The van der Waals surface area contributed by atoms with E-state index in [4.69, 9.17) is 10.9 Å². The SMILES string of the molecule is Nc1nc(/C(=N/O)C(=O)N[C@@H]2C(=O)N3C(C(=O)O)=C(Sc4nnc(C(F)(F)F)s4)CCC23)ns1. The molecule has 4 heterocycles. The molecule has 34 heavy (non-hydrogen) atoms. The molecule has 2 aromatic heterocycles. The quantitative estimate of drug-likeness (QED) is 0.176. The summed E-state index contributed by atoms with van der Waals surface area (Å²) in [6.07, 6.45) is -4.39. The summed E-state index contributed by atoms with van der Waals surface area (Å²) < 4.78 is 41.9. The van der Waals surface area contributed by atoms with Crippen LogP contribution in [0.1, 0.15) is 23.7 Å². The predicted octanol–water partition coefficient (Wildman–Crippen LogP) is 0.747. The third-order valence-corrected chi connectivity index (χ3v) is 7.41. The molecule has 2 amide bonds. The van der Waals surface area contributed by atoms with Crippen molar-refractivity contribution in [1.82, 2.24) is 29.8 Å². The van der Waals surface area contributed by atoms with Crippen molar-refractivity contribution in [3.8, 4) is 0 Å². The first-order chi connectivity index (χ1) is 16.0. The number of rotatable bonds is 6. The number of nitrogens with zero attached hydrogens (tertiary/aromatic N) is 6. The number of thioether (sulfide) groups is 1. The highest BCUT2D eigenvalue weighted by molar-refractivity contribution is 8.04. The molecule has 0 spiro atoms. The first-order valence-electron chi connectivity index (χ1n) is 9.01. The molecule has 13 nitrogen and oxygen atoms in total. The van der Waals surface area contributed by atoms with Gasteiger partial charge in [0.25, 0.3) is 11.8 Å². The fraction of sp³-hybridized carbons (Fsp3) is 0.333. The Morgan fingerprint density at radius 3 is 2.62 bits per heavy atom. The van der Waals surface area contributed by atoms with Crippen LogP contribution in [0.25, 0.3) is 0 Å². The molecule has 19 heteroatoms. The first kappa shape index (κ1) is 23.8. The maximum absolute atomic E-state index is 12.8. The van der Waals surface area contributed by atoms with Crippen molar-refractivity contribution in [2.45, 2.75) is 35.4 Å². The molecule has 4 rings (SSSR count). The number of aliphatic carboxylic acids is 1. The molecule has 0 aliphatic carbocycles. The van der Waals surface area contributed by atoms with Gasteiger partial charge in [0, 0.05) is 16.4 Å². The minimum atomic E-state index is -4.69. The number of hydrogen-bond donors (Lipinski definition) is 4. The molecule has 0 radical (unpaired) electrons. The molecule has 5 N–H and O–H groups in total. The van der Waals surface area contributed by atoms with Gasteiger partial charge in [-0.1, -0.05) is 28.3 Å². The lowest BCUT2D eigenvalue weighted by molar-refractivity contribution is -0.155. The van der Waals surface area contributed by atoms with E-state index in [0.717, 1.165) is 16.4 Å². The zero-order valence-electron chi connectivity index (χ0n) is 16.3. The number of alkyl halides is 3. The molecule has 1 fully saturated rings. The Hall–Kier alpha value is -3.32. The molecule has 1 saturated heterocycles. The van der Waals surface area contributed by atoms with Gasteiger partial charge in [0.05, 0.1) is 6.04 Å². The Labute approximate surface area is 198 Å². The number of β-lactam (4-membered cyclic amide) rings is 1. The van der Waals surface area contributed by atoms with Crippen LogP contribution < -0.4 is 11.1 Å². The number of halogens is 3. The number of nitrogen functional groups attached to an aromatic ring is 1. The molecule has 0 bridgehead atoms. The van der Waals surface area contributed by atoms with E-state index in [0.29, 0.717) is 11.8 Å². The van der Waals surface area contributed by atoms with Gasteiger partial charge in [0.2, 0.25) is 16.5 Å². The topological polar surface area (TPSA) is 197 Å². The van der Waals surface area contributed by atoms with Crippen molar-refractivity contribution < 1.29 is 37.9 Å². The van der Waals surface area contributed by atoms with Crippen LogP contribution in [-0.2, 0) is 20.6 Å². The zero-order chi connectivity index (χ0) is 24.8. The van der Waals surface area contributed by atoms with Crippen molar-refractivity contribution in [1.29, 1.82) is 0 Å². The van der Waals surface area contributed by atoms with E-state index in [1.807, 2.05) is 0 Å². The van der Waals surface area contributed by atoms with Crippen LogP contribution in [-0.4, -0.2) is 70.3 Å². The number of carboxylic acids is 1. The van der Waals surface area contributed by atoms with Crippen LogP contribution in [0.15, 0.2) is 20.1 Å². The summed E-state index contributed by atoms with van der Waals surface area (Å²) in [5, 5.41) is 29.3. The number of carbonyl (C=O) groups excluding carboxylic acids is 2. The Bertz CT molecular complexity index is 1240. The minimum Gasteiger partial charge on any atom is -0.477 e. The number of amides is 2. The summed E-state index contributed by atoms with van der Waals surface area (Å²) in [4.78, 5) is 41.9. The van der Waals surface area contributed by atoms with Gasteiger partial charge in [-0.15, -0.1) is 10.2 Å². The number of fused-ring (bicyclic) bond motifs is 1. The maximum atomic E-state index is 12.8. The Morgan fingerprint density at radius 1 is 1.32 bits per heavy atom. The summed E-state index contributed by atoms with van der Waals surface area (Å²) in [6, 6.07) is -1.86. The molecular formula is C15H11F3N8O5S3. The predicted molar refractivity (Wildman–Crippen MR) is 110 cm³/mol. The number of allylic oxidation sites excluding steroid dienone is 1. The lowest BCUT2D eigenvalue weighted by Crippen LogP contribution is -2.72. The number of carboxylic acid groups (broad SMARTS) is 1. The molecule has 1 unspecified atom stereocenters. The zero-order valence-corrected chi connectivity index (χ0v) is 18.8. The van der Waals surface area contributed by atoms with E-state index < -0.39 is 52.5 Å². The van der Waals surface area contributed by atoms with Gasteiger partial charge in [-0.2, -0.15) is 22.5 Å². The van der Waals surface area contributed by atoms with Crippen LogP contribution in [0.2, 0.25) is 0 Å². The summed E-state index contributed by atoms with van der Waals surface area (Å²) in [5.74, 6) is -3.46. The van der Waals surface area contributed by atoms with E-state index in [1.165, 1.54) is 0 Å². The lowest BCUT2D eigenvalue weighted by atomic mass is 9.86. The van der Waals surface area contributed by atoms with Gasteiger partial charge in [-0.05, 0) is 12.8 Å². The second-order valence-electron chi connectivity index (χ2n) is 6.72. The maximum Gasteiger partial charge on any atom is 0.445 e. The monoisotopic (exact) mass is 536 g/mol. The second-order valence-corrected chi connectivity index (χ2v) is 9.82. The molecule has 2 atom stereocenters. The number of nitrogens with one attached hydrogen (secondary N) is 1. The van der Waals surface area contributed by atoms with Gasteiger partial charge in [0.15, 0.2) is 9.47 Å². The van der Waals surface area contributed by atoms with Crippen molar-refractivity contribution in [3.05, 3.63) is 21.4 Å². The molecule has 0 saturated carbocycles. The van der Waals surface area contributed by atoms with Gasteiger partial charge in [-0.25, -0.2) is 4.79 Å². The van der Waals surface area contributed by atoms with E-state index >= 15 is 0 Å². The van der Waals surface area contributed by atoms with E-state index in [-0.39, 0.29) is 44.4 Å². The molecular weight excluding hydrogens is 525 g/mol. The molecule has 0 aromatic carbocycles. The minimum absolute atomic E-state index is 0.0150. The summed E-state index contributed by atoms with van der Waals surface area (Å²) in [6.45, 7) is 0. The highest BCUT2D eigenvalue weighted by Crippen LogP contribution is 2.44. The highest BCUT2D eigenvalue weighted by Gasteiger charge is 2.54. The van der Waals surface area contributed by atoms with E-state index in [9.17, 15) is 32.7 Å². The fourth-order valence-corrected chi connectivity index (χ4v) is 5.71. The third-order valence-electron chi connectivity index (χ3n) is 4.71. The molecule has 2 aliphatic rings. The van der Waals surface area contributed by atoms with Gasteiger partial charge >= 0.3 is 12.1 Å². The average Bonchev–Trinajstić information content (AvgIpc) is 3.41.